The fraction of sp³-hybridized carbons (Fsp3) is 0. The van der Waals surface area contributed by atoms with E-state index in [0.29, 0.717) is 0 Å². The second-order valence-electron chi connectivity index (χ2n) is 3.82. The molecular formula is C11H7ClN4O4S. The van der Waals surface area contributed by atoms with Gasteiger partial charge in [-0.1, -0.05) is 11.6 Å². The standard InChI is InChI=1S/C11H7ClN4O4S/c12-7-2-1-5(16(19)20)3-8(7)13-4-6-9(17)14-11(21)15-10(6)18/h1-4H,(H3,14,15,17,18,21). The van der Waals surface area contributed by atoms with E-state index in [2.05, 4.69) is 27.2 Å². The molecule has 0 amide bonds. The van der Waals surface area contributed by atoms with E-state index in [-0.39, 0.29) is 26.7 Å². The molecular weight excluding hydrogens is 320 g/mol. The van der Waals surface area contributed by atoms with E-state index >= 15 is 0 Å². The summed E-state index contributed by atoms with van der Waals surface area (Å²) in [7, 11) is 0. The average molecular weight is 327 g/mol. The van der Waals surface area contributed by atoms with Gasteiger partial charge < -0.3 is 10.1 Å². The first-order chi connectivity index (χ1) is 9.88. The third-order valence-electron chi connectivity index (χ3n) is 2.43. The number of rotatable bonds is 3. The SMILES string of the molecule is O=c1[nH]c(=S)[nH]c(O)c1C=Nc1cc([N+](=O)[O-])ccc1Cl. The molecule has 0 saturated carbocycles. The number of non-ortho nitro benzene ring substituents is 1. The Morgan fingerprint density at radius 2 is 2.14 bits per heavy atom. The van der Waals surface area contributed by atoms with Gasteiger partial charge in [-0.15, -0.1) is 0 Å². The highest BCUT2D eigenvalue weighted by molar-refractivity contribution is 7.71. The summed E-state index contributed by atoms with van der Waals surface area (Å²) in [5, 5.41) is 20.4. The summed E-state index contributed by atoms with van der Waals surface area (Å²) in [5.74, 6) is -0.464. The maximum atomic E-state index is 11.6. The minimum Gasteiger partial charge on any atom is -0.494 e. The summed E-state index contributed by atoms with van der Waals surface area (Å²) in [6.45, 7) is 0. The summed E-state index contributed by atoms with van der Waals surface area (Å²) in [6, 6.07) is 3.69. The summed E-state index contributed by atoms with van der Waals surface area (Å²) in [6.07, 6.45) is 1.03. The van der Waals surface area contributed by atoms with Crippen LogP contribution < -0.4 is 5.56 Å². The molecule has 0 fully saturated rings. The van der Waals surface area contributed by atoms with Gasteiger partial charge in [0, 0.05) is 18.3 Å². The number of H-pyrrole nitrogens is 2. The second kappa shape index (κ2) is 5.85. The van der Waals surface area contributed by atoms with Gasteiger partial charge in [0.05, 0.1) is 15.6 Å². The lowest BCUT2D eigenvalue weighted by Gasteiger charge is -1.99. The molecule has 8 nitrogen and oxygen atoms in total. The van der Waals surface area contributed by atoms with Crippen molar-refractivity contribution in [2.45, 2.75) is 0 Å². The Bertz CT molecular complexity index is 858. The summed E-state index contributed by atoms with van der Waals surface area (Å²) in [5.41, 5.74) is -0.933. The highest BCUT2D eigenvalue weighted by Crippen LogP contribution is 2.29. The third-order valence-corrected chi connectivity index (χ3v) is 2.96. The fourth-order valence-electron chi connectivity index (χ4n) is 1.45. The van der Waals surface area contributed by atoms with Crippen LogP contribution in [0.25, 0.3) is 0 Å². The highest BCUT2D eigenvalue weighted by Gasteiger charge is 2.10. The first-order valence-electron chi connectivity index (χ1n) is 5.42. The number of nitro groups is 1. The molecule has 0 atom stereocenters. The van der Waals surface area contributed by atoms with Crippen LogP contribution in [0.1, 0.15) is 5.56 Å². The van der Waals surface area contributed by atoms with Crippen molar-refractivity contribution in [1.82, 2.24) is 9.97 Å². The molecule has 0 aliphatic heterocycles. The van der Waals surface area contributed by atoms with Crippen LogP contribution >= 0.6 is 23.8 Å². The van der Waals surface area contributed by atoms with Crippen molar-refractivity contribution in [3.05, 3.63) is 54.0 Å². The van der Waals surface area contributed by atoms with Crippen LogP contribution in [0.4, 0.5) is 11.4 Å². The number of halogens is 1. The van der Waals surface area contributed by atoms with Gasteiger partial charge in [0.1, 0.15) is 5.56 Å². The van der Waals surface area contributed by atoms with Gasteiger partial charge in [0.15, 0.2) is 4.77 Å². The van der Waals surface area contributed by atoms with Crippen LogP contribution in [0, 0.1) is 14.9 Å². The first-order valence-corrected chi connectivity index (χ1v) is 6.20. The van der Waals surface area contributed by atoms with E-state index in [1.165, 1.54) is 12.1 Å². The zero-order valence-corrected chi connectivity index (χ0v) is 11.7. The van der Waals surface area contributed by atoms with Gasteiger partial charge >= 0.3 is 0 Å². The number of aromatic hydroxyl groups is 1. The van der Waals surface area contributed by atoms with E-state index in [1.807, 2.05) is 0 Å². The predicted octanol–water partition coefficient (Wildman–Crippen LogP) is 2.45. The number of aliphatic imine (C=N–C) groups is 1. The van der Waals surface area contributed by atoms with Crippen LogP contribution in [-0.4, -0.2) is 26.2 Å². The smallest absolute Gasteiger partial charge is 0.271 e. The molecule has 1 heterocycles. The minimum atomic E-state index is -0.651. The molecule has 3 N–H and O–H groups in total. The van der Waals surface area contributed by atoms with Crippen LogP contribution in [-0.2, 0) is 0 Å². The second-order valence-corrected chi connectivity index (χ2v) is 4.64. The summed E-state index contributed by atoms with van der Waals surface area (Å²) >= 11 is 10.5. The molecule has 10 heteroatoms. The van der Waals surface area contributed by atoms with Gasteiger partial charge in [-0.05, 0) is 18.3 Å². The number of hydrogen-bond acceptors (Lipinski definition) is 6. The lowest BCUT2D eigenvalue weighted by Crippen LogP contribution is -2.13. The molecule has 1 aromatic heterocycles. The molecule has 0 saturated heterocycles. The number of nitro benzene ring substituents is 1. The Labute approximate surface area is 126 Å². The highest BCUT2D eigenvalue weighted by atomic mass is 35.5. The largest absolute Gasteiger partial charge is 0.494 e. The number of nitrogens with one attached hydrogen (secondary N) is 2. The normalized spacial score (nSPS) is 10.9. The van der Waals surface area contributed by atoms with E-state index in [4.69, 9.17) is 11.6 Å². The Kier molecular flexibility index (Phi) is 4.15. The number of benzene rings is 1. The molecule has 108 valence electrons. The van der Waals surface area contributed by atoms with Gasteiger partial charge in [0.2, 0.25) is 5.88 Å². The first kappa shape index (κ1) is 14.9. The fourth-order valence-corrected chi connectivity index (χ4v) is 1.81. The maximum absolute atomic E-state index is 11.6. The number of hydrogen-bond donors (Lipinski definition) is 3. The molecule has 2 aromatic rings. The number of nitrogens with zero attached hydrogens (tertiary/aromatic N) is 2. The lowest BCUT2D eigenvalue weighted by molar-refractivity contribution is -0.384. The maximum Gasteiger partial charge on any atom is 0.271 e. The average Bonchev–Trinajstić information content (AvgIpc) is 2.39. The van der Waals surface area contributed by atoms with Crippen molar-refractivity contribution in [3.63, 3.8) is 0 Å². The quantitative estimate of drug-likeness (QED) is 0.346. The Balaban J connectivity index is 2.47. The van der Waals surface area contributed by atoms with Crippen LogP contribution in [0.3, 0.4) is 0 Å². The van der Waals surface area contributed by atoms with Crippen LogP contribution in [0.5, 0.6) is 5.88 Å². The van der Waals surface area contributed by atoms with Gasteiger partial charge in [-0.3, -0.25) is 24.9 Å². The Hall–Kier alpha value is -2.52. The molecule has 21 heavy (non-hydrogen) atoms. The molecule has 0 spiro atoms. The van der Waals surface area contributed by atoms with E-state index in [1.54, 1.807) is 0 Å². The molecule has 1 aromatic carbocycles. The molecule has 2 rings (SSSR count). The zero-order chi connectivity index (χ0) is 15.6. The molecule has 0 bridgehead atoms. The zero-order valence-electron chi connectivity index (χ0n) is 10.2. The van der Waals surface area contributed by atoms with Gasteiger partial charge in [-0.25, -0.2) is 0 Å². The van der Waals surface area contributed by atoms with E-state index < -0.39 is 16.4 Å². The van der Waals surface area contributed by atoms with E-state index in [0.717, 1.165) is 12.3 Å². The molecule has 0 aliphatic carbocycles. The predicted molar refractivity (Wildman–Crippen MR) is 79.3 cm³/mol. The summed E-state index contributed by atoms with van der Waals surface area (Å²) in [4.78, 5) is 30.2. The number of aromatic amines is 2. The van der Waals surface area contributed by atoms with Gasteiger partial charge in [-0.2, -0.15) is 0 Å². The summed E-state index contributed by atoms with van der Waals surface area (Å²) < 4.78 is -0.0389. The van der Waals surface area contributed by atoms with Crippen molar-refractivity contribution >= 4 is 41.4 Å². The molecule has 0 aliphatic rings. The van der Waals surface area contributed by atoms with Crippen molar-refractivity contribution in [2.75, 3.05) is 0 Å². The minimum absolute atomic E-state index is 0.0389. The Morgan fingerprint density at radius 1 is 1.43 bits per heavy atom. The monoisotopic (exact) mass is 326 g/mol. The van der Waals surface area contributed by atoms with Crippen LogP contribution in [0.2, 0.25) is 5.02 Å². The number of aromatic nitrogens is 2. The van der Waals surface area contributed by atoms with Crippen molar-refractivity contribution < 1.29 is 10.0 Å². The van der Waals surface area contributed by atoms with Crippen LogP contribution in [0.15, 0.2) is 28.0 Å². The molecule has 0 radical (unpaired) electrons. The topological polar surface area (TPSA) is 124 Å². The molecule has 0 unspecified atom stereocenters. The third kappa shape index (κ3) is 3.33. The van der Waals surface area contributed by atoms with Crippen molar-refractivity contribution in [3.8, 4) is 5.88 Å². The Morgan fingerprint density at radius 3 is 2.76 bits per heavy atom. The van der Waals surface area contributed by atoms with Crippen molar-refractivity contribution in [1.29, 1.82) is 0 Å². The van der Waals surface area contributed by atoms with Gasteiger partial charge in [0.25, 0.3) is 11.2 Å². The lowest BCUT2D eigenvalue weighted by atomic mass is 10.3. The van der Waals surface area contributed by atoms with E-state index in [9.17, 15) is 20.0 Å². The van der Waals surface area contributed by atoms with Crippen molar-refractivity contribution in [2.24, 2.45) is 4.99 Å².